The van der Waals surface area contributed by atoms with Crippen molar-refractivity contribution in [3.05, 3.63) is 108 Å². The molecule has 1 aliphatic rings. The maximum Gasteiger partial charge on any atom is 0.337 e. The molecule has 1 saturated carbocycles. The van der Waals surface area contributed by atoms with Gasteiger partial charge in [0, 0.05) is 36.3 Å². The Morgan fingerprint density at radius 2 is 1.57 bits per heavy atom. The number of carbonyl (C=O) groups is 3. The van der Waals surface area contributed by atoms with Crippen LogP contribution in [-0.4, -0.2) is 45.0 Å². The van der Waals surface area contributed by atoms with Crippen molar-refractivity contribution in [2.24, 2.45) is 0 Å². The number of hydrogen-bond donors (Lipinski definition) is 3. The number of para-hydroxylation sites is 1. The second-order valence-electron chi connectivity index (χ2n) is 9.95. The minimum atomic E-state index is -1.11. The number of ether oxygens (including phenoxy) is 2. The van der Waals surface area contributed by atoms with Crippen molar-refractivity contribution in [1.82, 2.24) is 15.3 Å². The highest BCUT2D eigenvalue weighted by Crippen LogP contribution is 2.27. The molecular weight excluding hydrogens is 536 g/mol. The second-order valence-corrected chi connectivity index (χ2v) is 9.95. The summed E-state index contributed by atoms with van der Waals surface area (Å²) in [6.07, 6.45) is 8.27. The lowest BCUT2D eigenvalue weighted by Gasteiger charge is -2.29. The molecule has 2 aromatic heterocycles. The second kappa shape index (κ2) is 13.4. The van der Waals surface area contributed by atoms with Crippen LogP contribution in [0.4, 0.5) is 5.69 Å². The van der Waals surface area contributed by atoms with E-state index in [4.69, 9.17) is 9.47 Å². The highest BCUT2D eigenvalue weighted by molar-refractivity contribution is 6.01. The summed E-state index contributed by atoms with van der Waals surface area (Å²) in [5.74, 6) is 0.166. The van der Waals surface area contributed by atoms with E-state index in [1.165, 1.54) is 6.07 Å². The largest absolute Gasteiger partial charge is 0.490 e. The molecule has 2 amide bonds. The molecule has 0 atom stereocenters. The molecule has 0 saturated heterocycles. The average molecular weight is 567 g/mol. The third-order valence-corrected chi connectivity index (χ3v) is 6.89. The Morgan fingerprint density at radius 3 is 2.26 bits per heavy atom. The molecule has 42 heavy (non-hydrogen) atoms. The van der Waals surface area contributed by atoms with Crippen LogP contribution < -0.4 is 20.1 Å². The summed E-state index contributed by atoms with van der Waals surface area (Å²) in [5, 5.41) is 15.0. The van der Waals surface area contributed by atoms with E-state index in [2.05, 4.69) is 20.6 Å². The van der Waals surface area contributed by atoms with Crippen LogP contribution in [0.5, 0.6) is 17.4 Å². The topological polar surface area (TPSA) is 140 Å². The number of amides is 2. The van der Waals surface area contributed by atoms with Crippen LogP contribution in [0.3, 0.4) is 0 Å². The Bertz CT molecular complexity index is 1520. The SMILES string of the molecule is O=C(Cc1ccc(Oc2ccc(OC3CCC(NC(=O)c4ccncc4)CC3)cc2)nc1)Nc1ccccc1C(=O)O. The molecular formula is C32H30N4O6. The van der Waals surface area contributed by atoms with Gasteiger partial charge in [-0.2, -0.15) is 0 Å². The quantitative estimate of drug-likeness (QED) is 0.236. The van der Waals surface area contributed by atoms with Crippen molar-refractivity contribution >= 4 is 23.5 Å². The number of rotatable bonds is 10. The van der Waals surface area contributed by atoms with Crippen molar-refractivity contribution in [1.29, 1.82) is 0 Å². The monoisotopic (exact) mass is 566 g/mol. The lowest BCUT2D eigenvalue weighted by molar-refractivity contribution is -0.115. The van der Waals surface area contributed by atoms with E-state index in [9.17, 15) is 19.5 Å². The van der Waals surface area contributed by atoms with E-state index in [1.807, 2.05) is 12.1 Å². The smallest absolute Gasteiger partial charge is 0.337 e. The standard InChI is InChI=1S/C32H30N4O6/c37-29(36-28-4-2-1-3-27(28)32(39)40)19-21-5-14-30(34-20-21)42-26-12-10-25(11-13-26)41-24-8-6-23(7-9-24)35-31(38)22-15-17-33-18-16-22/h1-5,10-18,20,23-24H,6-9,19H2,(H,35,38)(H,36,37)(H,39,40). The fourth-order valence-corrected chi connectivity index (χ4v) is 4.73. The van der Waals surface area contributed by atoms with Crippen molar-refractivity contribution in [2.75, 3.05) is 5.32 Å². The first-order chi connectivity index (χ1) is 20.4. The Morgan fingerprint density at radius 1 is 0.857 bits per heavy atom. The number of aromatic nitrogens is 2. The van der Waals surface area contributed by atoms with E-state index in [0.717, 1.165) is 31.4 Å². The van der Waals surface area contributed by atoms with Gasteiger partial charge in [0.1, 0.15) is 11.5 Å². The summed E-state index contributed by atoms with van der Waals surface area (Å²) >= 11 is 0. The predicted octanol–water partition coefficient (Wildman–Crippen LogP) is 5.27. The van der Waals surface area contributed by atoms with E-state index in [-0.39, 0.29) is 41.6 Å². The number of hydrogen-bond acceptors (Lipinski definition) is 7. The summed E-state index contributed by atoms with van der Waals surface area (Å²) in [6, 6.07) is 20.5. The Hall–Kier alpha value is -5.25. The van der Waals surface area contributed by atoms with Crippen molar-refractivity contribution in [3.8, 4) is 17.4 Å². The summed E-state index contributed by atoms with van der Waals surface area (Å²) in [7, 11) is 0. The molecule has 2 heterocycles. The van der Waals surface area contributed by atoms with Gasteiger partial charge >= 0.3 is 5.97 Å². The van der Waals surface area contributed by atoms with Crippen molar-refractivity contribution < 1.29 is 29.0 Å². The molecule has 2 aromatic carbocycles. The molecule has 0 spiro atoms. The molecule has 10 nitrogen and oxygen atoms in total. The van der Waals surface area contributed by atoms with Crippen molar-refractivity contribution in [3.63, 3.8) is 0 Å². The highest BCUT2D eigenvalue weighted by atomic mass is 16.5. The molecule has 214 valence electrons. The third kappa shape index (κ3) is 7.69. The zero-order valence-corrected chi connectivity index (χ0v) is 22.7. The van der Waals surface area contributed by atoms with E-state index >= 15 is 0 Å². The van der Waals surface area contributed by atoms with Gasteiger partial charge in [0.05, 0.1) is 23.8 Å². The number of aromatic carboxylic acids is 1. The van der Waals surface area contributed by atoms with Crippen LogP contribution >= 0.6 is 0 Å². The van der Waals surface area contributed by atoms with E-state index < -0.39 is 5.97 Å². The van der Waals surface area contributed by atoms with Crippen LogP contribution in [0.15, 0.2) is 91.4 Å². The highest BCUT2D eigenvalue weighted by Gasteiger charge is 2.24. The van der Waals surface area contributed by atoms with Crippen LogP contribution in [0.1, 0.15) is 52.0 Å². The number of carboxylic acids is 1. The zero-order chi connectivity index (χ0) is 29.3. The molecule has 4 aromatic rings. The number of benzene rings is 2. The first-order valence-electron chi connectivity index (χ1n) is 13.7. The van der Waals surface area contributed by atoms with Gasteiger partial charge in [0.2, 0.25) is 11.8 Å². The fraction of sp³-hybridized carbons (Fsp3) is 0.219. The summed E-state index contributed by atoms with van der Waals surface area (Å²) in [4.78, 5) is 44.4. The minimum Gasteiger partial charge on any atom is -0.490 e. The summed E-state index contributed by atoms with van der Waals surface area (Å²) in [5.41, 5.74) is 1.54. The zero-order valence-electron chi connectivity index (χ0n) is 22.7. The minimum absolute atomic E-state index is 0.0271. The molecule has 0 aliphatic heterocycles. The maximum absolute atomic E-state index is 12.4. The molecule has 5 rings (SSSR count). The predicted molar refractivity (Wildman–Crippen MR) is 155 cm³/mol. The number of nitrogens with one attached hydrogen (secondary N) is 2. The molecule has 10 heteroatoms. The van der Waals surface area contributed by atoms with Gasteiger partial charge in [-0.15, -0.1) is 0 Å². The molecule has 1 fully saturated rings. The number of pyridine rings is 2. The van der Waals surface area contributed by atoms with Gasteiger partial charge in [-0.1, -0.05) is 18.2 Å². The van der Waals surface area contributed by atoms with Gasteiger partial charge in [-0.25, -0.2) is 9.78 Å². The van der Waals surface area contributed by atoms with Gasteiger partial charge in [0.25, 0.3) is 5.91 Å². The maximum atomic E-state index is 12.4. The number of anilines is 1. The first kappa shape index (κ1) is 28.3. The average Bonchev–Trinajstić information content (AvgIpc) is 3.00. The molecule has 1 aliphatic carbocycles. The van der Waals surface area contributed by atoms with Gasteiger partial charge in [0.15, 0.2) is 0 Å². The number of carboxylic acid groups (broad SMARTS) is 1. The van der Waals surface area contributed by atoms with Crippen LogP contribution in [0.25, 0.3) is 0 Å². The van der Waals surface area contributed by atoms with Gasteiger partial charge < -0.3 is 25.2 Å². The lowest BCUT2D eigenvalue weighted by atomic mass is 9.92. The van der Waals surface area contributed by atoms with Crippen LogP contribution in [0, 0.1) is 0 Å². The normalized spacial score (nSPS) is 16.2. The Kier molecular flexibility index (Phi) is 9.03. The van der Waals surface area contributed by atoms with E-state index in [0.29, 0.717) is 22.8 Å². The number of carbonyl (C=O) groups excluding carboxylic acids is 2. The van der Waals surface area contributed by atoms with E-state index in [1.54, 1.807) is 73.2 Å². The van der Waals surface area contributed by atoms with Gasteiger partial charge in [-0.05, 0) is 79.8 Å². The molecule has 0 bridgehead atoms. The summed E-state index contributed by atoms with van der Waals surface area (Å²) in [6.45, 7) is 0. The molecule has 0 radical (unpaired) electrons. The fourth-order valence-electron chi connectivity index (χ4n) is 4.73. The number of nitrogens with zero attached hydrogens (tertiary/aromatic N) is 2. The van der Waals surface area contributed by atoms with Gasteiger partial charge in [-0.3, -0.25) is 14.6 Å². The van der Waals surface area contributed by atoms with Crippen molar-refractivity contribution in [2.45, 2.75) is 44.2 Å². The molecule has 0 unspecified atom stereocenters. The van der Waals surface area contributed by atoms with Crippen LogP contribution in [-0.2, 0) is 11.2 Å². The Balaban J connectivity index is 1.06. The third-order valence-electron chi connectivity index (χ3n) is 6.89. The Labute approximate surface area is 242 Å². The molecule has 3 N–H and O–H groups in total. The summed E-state index contributed by atoms with van der Waals surface area (Å²) < 4.78 is 12.0. The van der Waals surface area contributed by atoms with Crippen LogP contribution in [0.2, 0.25) is 0 Å². The first-order valence-corrected chi connectivity index (χ1v) is 13.7. The lowest BCUT2D eigenvalue weighted by Crippen LogP contribution is -2.39.